The largest absolute Gasteiger partial charge is 0.480 e. The van der Waals surface area contributed by atoms with Crippen molar-refractivity contribution < 1.29 is 14.7 Å². The monoisotopic (exact) mass is 242 g/mol. The van der Waals surface area contributed by atoms with Gasteiger partial charge in [0.05, 0.1) is 6.54 Å². The summed E-state index contributed by atoms with van der Waals surface area (Å²) in [6, 6.07) is -0.0350. The number of carboxylic acid groups (broad SMARTS) is 1. The maximum Gasteiger partial charge on any atom is 0.325 e. The van der Waals surface area contributed by atoms with Crippen molar-refractivity contribution in [3.05, 3.63) is 0 Å². The predicted octanol–water partition coefficient (Wildman–Crippen LogP) is 0.839. The van der Waals surface area contributed by atoms with E-state index in [0.717, 1.165) is 12.8 Å². The molecule has 17 heavy (non-hydrogen) atoms. The topological polar surface area (TPSA) is 69.6 Å². The summed E-state index contributed by atoms with van der Waals surface area (Å²) < 4.78 is 0. The molecule has 5 heteroatoms. The summed E-state index contributed by atoms with van der Waals surface area (Å²) in [7, 11) is 0. The second-order valence-electron chi connectivity index (χ2n) is 4.93. The first kappa shape index (κ1) is 14.0. The number of carbonyl (C=O) groups is 2. The molecule has 1 aliphatic heterocycles. The molecule has 0 radical (unpaired) electrons. The van der Waals surface area contributed by atoms with Gasteiger partial charge in [0.1, 0.15) is 6.04 Å². The van der Waals surface area contributed by atoms with Crippen LogP contribution in [0.1, 0.15) is 40.0 Å². The van der Waals surface area contributed by atoms with Gasteiger partial charge in [-0.25, -0.2) is 0 Å². The molecule has 1 amide bonds. The van der Waals surface area contributed by atoms with Crippen molar-refractivity contribution >= 4 is 11.9 Å². The summed E-state index contributed by atoms with van der Waals surface area (Å²) >= 11 is 0. The number of rotatable bonds is 4. The Morgan fingerprint density at radius 2 is 1.88 bits per heavy atom. The second-order valence-corrected chi connectivity index (χ2v) is 4.93. The quantitative estimate of drug-likeness (QED) is 0.766. The van der Waals surface area contributed by atoms with Gasteiger partial charge in [0.25, 0.3) is 0 Å². The zero-order valence-electron chi connectivity index (χ0n) is 10.8. The van der Waals surface area contributed by atoms with E-state index in [4.69, 9.17) is 5.11 Å². The number of hydrogen-bond acceptors (Lipinski definition) is 3. The summed E-state index contributed by atoms with van der Waals surface area (Å²) in [5, 5.41) is 11.2. The van der Waals surface area contributed by atoms with E-state index < -0.39 is 12.0 Å². The molecule has 1 rings (SSSR count). The Hall–Kier alpha value is -1.10. The highest BCUT2D eigenvalue weighted by Crippen LogP contribution is 2.21. The lowest BCUT2D eigenvalue weighted by molar-refractivity contribution is -0.141. The zero-order chi connectivity index (χ0) is 13.0. The third kappa shape index (κ3) is 4.00. The van der Waals surface area contributed by atoms with Crippen LogP contribution in [-0.4, -0.2) is 46.6 Å². The smallest absolute Gasteiger partial charge is 0.325 e. The highest BCUT2D eigenvalue weighted by molar-refractivity contribution is 5.84. The molecule has 0 aromatic heterocycles. The van der Waals surface area contributed by atoms with Crippen LogP contribution < -0.4 is 5.32 Å². The number of likely N-dealkylation sites (tertiary alicyclic amines) is 1. The van der Waals surface area contributed by atoms with Crippen LogP contribution in [0.2, 0.25) is 0 Å². The minimum absolute atomic E-state index is 0.208. The number of aliphatic carboxylic acids is 1. The van der Waals surface area contributed by atoms with E-state index in [-0.39, 0.29) is 5.91 Å². The molecule has 0 aliphatic carbocycles. The average molecular weight is 242 g/mol. The number of carboxylic acids is 1. The third-order valence-electron chi connectivity index (χ3n) is 3.45. The van der Waals surface area contributed by atoms with Gasteiger partial charge >= 0.3 is 5.97 Å². The number of amides is 1. The molecule has 1 fully saturated rings. The van der Waals surface area contributed by atoms with Crippen LogP contribution in [0.3, 0.4) is 0 Å². The Bertz CT molecular complexity index is 283. The minimum Gasteiger partial charge on any atom is -0.480 e. The fourth-order valence-corrected chi connectivity index (χ4v) is 2.30. The summed E-state index contributed by atoms with van der Waals surface area (Å²) in [4.78, 5) is 24.5. The summed E-state index contributed by atoms with van der Waals surface area (Å²) in [5.74, 6) is -1.21. The van der Waals surface area contributed by atoms with E-state index in [1.807, 2.05) is 0 Å². The van der Waals surface area contributed by atoms with Gasteiger partial charge in [0, 0.05) is 12.1 Å². The molecule has 3 atom stereocenters. The van der Waals surface area contributed by atoms with Gasteiger partial charge in [-0.15, -0.1) is 0 Å². The van der Waals surface area contributed by atoms with Crippen LogP contribution in [-0.2, 0) is 9.59 Å². The summed E-state index contributed by atoms with van der Waals surface area (Å²) in [6.07, 6.45) is 3.41. The molecular weight excluding hydrogens is 220 g/mol. The minimum atomic E-state index is -1.00. The highest BCUT2D eigenvalue weighted by atomic mass is 16.4. The second kappa shape index (κ2) is 6.00. The van der Waals surface area contributed by atoms with Gasteiger partial charge in [-0.3, -0.25) is 14.5 Å². The Balaban J connectivity index is 2.46. The van der Waals surface area contributed by atoms with Crippen LogP contribution in [0.25, 0.3) is 0 Å². The number of hydrogen-bond donors (Lipinski definition) is 2. The molecule has 3 unspecified atom stereocenters. The van der Waals surface area contributed by atoms with E-state index in [2.05, 4.69) is 24.1 Å². The van der Waals surface area contributed by atoms with Crippen LogP contribution in [0, 0.1) is 0 Å². The van der Waals surface area contributed by atoms with E-state index in [1.165, 1.54) is 13.3 Å². The molecule has 0 bridgehead atoms. The highest BCUT2D eigenvalue weighted by Gasteiger charge is 2.27. The number of nitrogens with one attached hydrogen (secondary N) is 1. The summed E-state index contributed by atoms with van der Waals surface area (Å²) in [6.45, 7) is 6.00. The lowest BCUT2D eigenvalue weighted by atomic mass is 9.97. The van der Waals surface area contributed by atoms with Gasteiger partial charge in [-0.2, -0.15) is 0 Å². The number of carbonyl (C=O) groups excluding carboxylic acids is 1. The molecule has 1 aliphatic rings. The lowest BCUT2D eigenvalue weighted by Gasteiger charge is -2.38. The van der Waals surface area contributed by atoms with Gasteiger partial charge in [-0.1, -0.05) is 6.42 Å². The first-order chi connectivity index (χ1) is 7.91. The predicted molar refractivity (Wildman–Crippen MR) is 64.7 cm³/mol. The molecule has 0 aromatic rings. The Kier molecular flexibility index (Phi) is 4.93. The van der Waals surface area contributed by atoms with Crippen molar-refractivity contribution in [2.24, 2.45) is 0 Å². The molecule has 1 heterocycles. The van der Waals surface area contributed by atoms with Gasteiger partial charge < -0.3 is 10.4 Å². The van der Waals surface area contributed by atoms with Crippen molar-refractivity contribution in [2.75, 3.05) is 6.54 Å². The lowest BCUT2D eigenvalue weighted by Crippen LogP contribution is -2.50. The summed E-state index contributed by atoms with van der Waals surface area (Å²) in [5.41, 5.74) is 0. The molecule has 5 nitrogen and oxygen atoms in total. The molecular formula is C12H22N2O3. The van der Waals surface area contributed by atoms with Crippen molar-refractivity contribution in [1.82, 2.24) is 10.2 Å². The van der Waals surface area contributed by atoms with Crippen molar-refractivity contribution in [1.29, 1.82) is 0 Å². The number of nitrogens with zero attached hydrogens (tertiary/aromatic N) is 1. The van der Waals surface area contributed by atoms with Crippen molar-refractivity contribution in [3.8, 4) is 0 Å². The van der Waals surface area contributed by atoms with Gasteiger partial charge in [0.15, 0.2) is 0 Å². The average Bonchev–Trinajstić information content (AvgIpc) is 2.23. The van der Waals surface area contributed by atoms with Crippen LogP contribution >= 0.6 is 0 Å². The normalized spacial score (nSPS) is 27.5. The van der Waals surface area contributed by atoms with E-state index in [0.29, 0.717) is 18.6 Å². The number of piperidine rings is 1. The van der Waals surface area contributed by atoms with E-state index >= 15 is 0 Å². The zero-order valence-corrected chi connectivity index (χ0v) is 10.8. The Morgan fingerprint density at radius 3 is 2.35 bits per heavy atom. The Labute approximate surface area is 102 Å². The fraction of sp³-hybridized carbons (Fsp3) is 0.833. The van der Waals surface area contributed by atoms with E-state index in [1.54, 1.807) is 0 Å². The first-order valence-electron chi connectivity index (χ1n) is 6.19. The maximum atomic E-state index is 11.7. The SMILES string of the molecule is CC(NC(=O)CN1C(C)CCCC1C)C(=O)O. The van der Waals surface area contributed by atoms with Gasteiger partial charge in [-0.05, 0) is 33.6 Å². The fourth-order valence-electron chi connectivity index (χ4n) is 2.30. The standard InChI is InChI=1S/C12H22N2O3/c1-8-5-4-6-9(2)14(8)7-11(15)13-10(3)12(16)17/h8-10H,4-7H2,1-3H3,(H,13,15)(H,16,17). The molecule has 0 spiro atoms. The Morgan fingerprint density at radius 1 is 1.35 bits per heavy atom. The first-order valence-corrected chi connectivity index (χ1v) is 6.19. The molecule has 2 N–H and O–H groups in total. The molecule has 98 valence electrons. The molecule has 0 saturated carbocycles. The molecule has 0 aromatic carbocycles. The van der Waals surface area contributed by atoms with Crippen LogP contribution in [0.5, 0.6) is 0 Å². The van der Waals surface area contributed by atoms with E-state index in [9.17, 15) is 9.59 Å². The third-order valence-corrected chi connectivity index (χ3v) is 3.45. The maximum absolute atomic E-state index is 11.7. The van der Waals surface area contributed by atoms with Crippen LogP contribution in [0.4, 0.5) is 0 Å². The van der Waals surface area contributed by atoms with Crippen molar-refractivity contribution in [2.45, 2.75) is 58.2 Å². The van der Waals surface area contributed by atoms with Crippen LogP contribution in [0.15, 0.2) is 0 Å². The molecule has 1 saturated heterocycles. The van der Waals surface area contributed by atoms with Gasteiger partial charge in [0.2, 0.25) is 5.91 Å². The van der Waals surface area contributed by atoms with Crippen molar-refractivity contribution in [3.63, 3.8) is 0 Å².